The minimum atomic E-state index is -0.779. The van der Waals surface area contributed by atoms with Gasteiger partial charge < -0.3 is 10.2 Å². The van der Waals surface area contributed by atoms with Crippen molar-refractivity contribution in [2.24, 2.45) is 17.3 Å². The molecule has 2 N–H and O–H groups in total. The van der Waals surface area contributed by atoms with Crippen LogP contribution in [0.15, 0.2) is 11.6 Å². The number of hydrogen-bond donors (Lipinski definition) is 2. The van der Waals surface area contributed by atoms with Gasteiger partial charge in [-0.15, -0.1) is 0 Å². The van der Waals surface area contributed by atoms with Crippen LogP contribution >= 0.6 is 0 Å². The zero-order valence-electron chi connectivity index (χ0n) is 11.5. The Bertz CT molecular complexity index is 326. The molecule has 0 amide bonds. The summed E-state index contributed by atoms with van der Waals surface area (Å²) in [5, 5.41) is 20.8. The third-order valence-electron chi connectivity index (χ3n) is 5.11. The molecular formula is C15H26O2. The van der Waals surface area contributed by atoms with Crippen LogP contribution in [0, 0.1) is 17.3 Å². The van der Waals surface area contributed by atoms with Crippen molar-refractivity contribution >= 4 is 0 Å². The maximum Gasteiger partial charge on any atom is 0.0665 e. The van der Waals surface area contributed by atoms with Crippen LogP contribution < -0.4 is 0 Å². The average Bonchev–Trinajstić information content (AvgIpc) is 2.14. The Morgan fingerprint density at radius 3 is 2.59 bits per heavy atom. The third-order valence-corrected chi connectivity index (χ3v) is 5.11. The second kappa shape index (κ2) is 4.10. The van der Waals surface area contributed by atoms with E-state index < -0.39 is 11.7 Å². The van der Waals surface area contributed by atoms with Crippen LogP contribution in [0.5, 0.6) is 0 Å². The molecule has 0 bridgehead atoms. The van der Waals surface area contributed by atoms with Crippen LogP contribution in [-0.2, 0) is 0 Å². The molecule has 2 rings (SSSR count). The van der Waals surface area contributed by atoms with Crippen LogP contribution in [0.3, 0.4) is 0 Å². The lowest BCUT2D eigenvalue weighted by Gasteiger charge is -2.52. The zero-order chi connectivity index (χ0) is 12.8. The van der Waals surface area contributed by atoms with Gasteiger partial charge in [-0.25, -0.2) is 0 Å². The van der Waals surface area contributed by atoms with Crippen LogP contribution in [0.25, 0.3) is 0 Å². The minimum Gasteiger partial charge on any atom is -0.392 e. The Morgan fingerprint density at radius 1 is 1.35 bits per heavy atom. The van der Waals surface area contributed by atoms with Gasteiger partial charge in [-0.1, -0.05) is 18.6 Å². The zero-order valence-corrected chi connectivity index (χ0v) is 11.5. The minimum absolute atomic E-state index is 0.00187. The van der Waals surface area contributed by atoms with Crippen LogP contribution in [0.2, 0.25) is 0 Å². The van der Waals surface area contributed by atoms with Gasteiger partial charge in [-0.2, -0.15) is 0 Å². The van der Waals surface area contributed by atoms with Crippen LogP contribution in [0.1, 0.15) is 53.4 Å². The molecule has 0 heterocycles. The van der Waals surface area contributed by atoms with E-state index in [0.717, 1.165) is 19.3 Å². The first-order chi connectivity index (χ1) is 7.76. The summed E-state index contributed by atoms with van der Waals surface area (Å²) >= 11 is 0. The van der Waals surface area contributed by atoms with Gasteiger partial charge in [-0.05, 0) is 51.9 Å². The van der Waals surface area contributed by atoms with Crippen molar-refractivity contribution in [3.05, 3.63) is 11.6 Å². The normalized spacial score (nSPS) is 42.9. The predicted molar refractivity (Wildman–Crippen MR) is 69.6 cm³/mol. The Hall–Kier alpha value is -0.340. The van der Waals surface area contributed by atoms with Crippen molar-refractivity contribution in [2.75, 3.05) is 0 Å². The van der Waals surface area contributed by atoms with E-state index >= 15 is 0 Å². The van der Waals surface area contributed by atoms with Gasteiger partial charge in [-0.3, -0.25) is 0 Å². The highest BCUT2D eigenvalue weighted by molar-refractivity contribution is 5.18. The lowest BCUT2D eigenvalue weighted by molar-refractivity contribution is -0.118. The summed E-state index contributed by atoms with van der Waals surface area (Å²) < 4.78 is 0. The van der Waals surface area contributed by atoms with Crippen molar-refractivity contribution in [1.29, 1.82) is 0 Å². The molecule has 2 nitrogen and oxygen atoms in total. The van der Waals surface area contributed by atoms with Gasteiger partial charge in [0.05, 0.1) is 11.7 Å². The Labute approximate surface area is 105 Å². The quantitative estimate of drug-likeness (QED) is 0.690. The first-order valence-electron chi connectivity index (χ1n) is 6.83. The molecule has 0 unspecified atom stereocenters. The maximum absolute atomic E-state index is 10.6. The fourth-order valence-corrected chi connectivity index (χ4v) is 4.08. The fraction of sp³-hybridized carbons (Fsp3) is 0.867. The molecule has 4 atom stereocenters. The smallest absolute Gasteiger partial charge is 0.0665 e. The summed E-state index contributed by atoms with van der Waals surface area (Å²) in [7, 11) is 0. The van der Waals surface area contributed by atoms with E-state index in [9.17, 15) is 10.2 Å². The molecule has 0 aromatic heterocycles. The number of rotatable bonds is 1. The molecule has 0 spiro atoms. The Balaban J connectivity index is 2.30. The molecule has 0 saturated heterocycles. The lowest BCUT2D eigenvalue weighted by atomic mass is 9.55. The number of allylic oxidation sites excluding steroid dienone is 1. The molecule has 1 saturated carbocycles. The monoisotopic (exact) mass is 238 g/mol. The van der Waals surface area contributed by atoms with Crippen molar-refractivity contribution in [2.45, 2.75) is 65.1 Å². The maximum atomic E-state index is 10.6. The number of aliphatic hydroxyl groups is 2. The molecule has 2 aliphatic rings. The third kappa shape index (κ3) is 2.17. The first-order valence-corrected chi connectivity index (χ1v) is 6.83. The second-order valence-corrected chi connectivity index (χ2v) is 6.91. The van der Waals surface area contributed by atoms with E-state index in [-0.39, 0.29) is 17.3 Å². The van der Waals surface area contributed by atoms with Crippen LogP contribution in [0.4, 0.5) is 0 Å². The van der Waals surface area contributed by atoms with E-state index in [4.69, 9.17) is 0 Å². The summed E-state index contributed by atoms with van der Waals surface area (Å²) in [4.78, 5) is 0. The highest BCUT2D eigenvalue weighted by Gasteiger charge is 2.50. The highest BCUT2D eigenvalue weighted by Crippen LogP contribution is 2.53. The number of hydrogen-bond acceptors (Lipinski definition) is 2. The molecule has 1 fully saturated rings. The molecule has 0 aliphatic heterocycles. The van der Waals surface area contributed by atoms with E-state index in [0.29, 0.717) is 0 Å². The summed E-state index contributed by atoms with van der Waals surface area (Å²) in [6.45, 7) is 8.09. The second-order valence-electron chi connectivity index (χ2n) is 6.91. The molecule has 0 aromatic carbocycles. The van der Waals surface area contributed by atoms with Crippen molar-refractivity contribution < 1.29 is 10.2 Å². The molecule has 0 aromatic rings. The largest absolute Gasteiger partial charge is 0.392 e. The average molecular weight is 238 g/mol. The first kappa shape index (κ1) is 13.1. The van der Waals surface area contributed by atoms with Gasteiger partial charge in [0.1, 0.15) is 0 Å². The summed E-state index contributed by atoms with van der Waals surface area (Å²) in [5.74, 6) is 0.239. The summed E-state index contributed by atoms with van der Waals surface area (Å²) in [6, 6.07) is 0. The van der Waals surface area contributed by atoms with Crippen molar-refractivity contribution in [1.82, 2.24) is 0 Å². The molecule has 17 heavy (non-hydrogen) atoms. The number of aliphatic hydroxyl groups excluding tert-OH is 1. The standard InChI is InChI=1S/C15H26O2/c1-10-6-5-8-15(4)9-7-11(14(2,3)17)13(16)12(10)15/h6,11-13,16-17H,5,7-9H2,1-4H3/t11-,12-,13+,15-/m1/s1. The van der Waals surface area contributed by atoms with Crippen molar-refractivity contribution in [3.8, 4) is 0 Å². The Morgan fingerprint density at radius 2 is 2.00 bits per heavy atom. The fourth-order valence-electron chi connectivity index (χ4n) is 4.08. The van der Waals surface area contributed by atoms with Crippen LogP contribution in [-0.4, -0.2) is 21.9 Å². The number of fused-ring (bicyclic) bond motifs is 1. The molecule has 2 aliphatic carbocycles. The lowest BCUT2D eigenvalue weighted by Crippen LogP contribution is -2.52. The topological polar surface area (TPSA) is 40.5 Å². The van der Waals surface area contributed by atoms with Crippen molar-refractivity contribution in [3.63, 3.8) is 0 Å². The van der Waals surface area contributed by atoms with Gasteiger partial charge in [0.15, 0.2) is 0 Å². The van der Waals surface area contributed by atoms with E-state index in [1.165, 1.54) is 12.0 Å². The van der Waals surface area contributed by atoms with E-state index in [1.807, 2.05) is 13.8 Å². The summed E-state index contributed by atoms with van der Waals surface area (Å²) in [6.07, 6.45) is 6.23. The highest BCUT2D eigenvalue weighted by atomic mass is 16.3. The predicted octanol–water partition coefficient (Wildman–Crippen LogP) is 2.89. The SMILES string of the molecule is CC1=CCC[C@]2(C)CC[C@@H](C(C)(C)O)[C@H](O)[C@@H]12. The summed E-state index contributed by atoms with van der Waals surface area (Å²) in [5.41, 5.74) is 0.776. The van der Waals surface area contributed by atoms with Gasteiger partial charge in [0.2, 0.25) is 0 Å². The van der Waals surface area contributed by atoms with Gasteiger partial charge in [0, 0.05) is 11.8 Å². The van der Waals surface area contributed by atoms with E-state index in [2.05, 4.69) is 19.9 Å². The van der Waals surface area contributed by atoms with Gasteiger partial charge in [0.25, 0.3) is 0 Å². The molecule has 98 valence electrons. The molecule has 0 radical (unpaired) electrons. The Kier molecular flexibility index (Phi) is 3.16. The van der Waals surface area contributed by atoms with E-state index in [1.54, 1.807) is 0 Å². The molecular weight excluding hydrogens is 212 g/mol. The molecule has 2 heteroatoms. The van der Waals surface area contributed by atoms with Gasteiger partial charge >= 0.3 is 0 Å².